The Morgan fingerprint density at radius 1 is 1.64 bits per heavy atom. The van der Waals surface area contributed by atoms with Crippen molar-refractivity contribution in [1.29, 1.82) is 5.26 Å². The number of carbonyl (C=O) groups is 1. The summed E-state index contributed by atoms with van der Waals surface area (Å²) in [4.78, 5) is 11.3. The minimum absolute atomic E-state index is 0.434. The molecule has 4 heteroatoms. The van der Waals surface area contributed by atoms with Crippen molar-refractivity contribution in [2.75, 3.05) is 0 Å². The molecule has 1 aromatic rings. The van der Waals surface area contributed by atoms with E-state index in [4.69, 9.17) is 5.26 Å². The molecule has 72 valence electrons. The molecule has 0 N–H and O–H groups in total. The van der Waals surface area contributed by atoms with Gasteiger partial charge in [0.05, 0.1) is 17.2 Å². The van der Waals surface area contributed by atoms with E-state index in [1.807, 2.05) is 13.0 Å². The van der Waals surface area contributed by atoms with Crippen LogP contribution in [0.1, 0.15) is 28.4 Å². The minimum Gasteiger partial charge on any atom is -0.380 e. The predicted octanol–water partition coefficient (Wildman–Crippen LogP) is 2.59. The Balaban J connectivity index is 3.31. The van der Waals surface area contributed by atoms with Crippen molar-refractivity contribution in [3.05, 3.63) is 34.9 Å². The first-order valence-corrected chi connectivity index (χ1v) is 4.74. The number of halogens is 1. The van der Waals surface area contributed by atoms with Crippen LogP contribution in [-0.4, -0.2) is 5.97 Å². The number of nitriles is 1. The molecule has 0 aliphatic carbocycles. The van der Waals surface area contributed by atoms with E-state index in [0.29, 0.717) is 17.5 Å². The predicted molar refractivity (Wildman–Crippen MR) is 54.9 cm³/mol. The standard InChI is InChI=1S/C10H8BrNO2/c1-2-8-7(6-12)4-3-5-9(8)10(13)14-11/h3-5H,2H2,1H3. The lowest BCUT2D eigenvalue weighted by Crippen LogP contribution is -2.04. The third kappa shape index (κ3) is 1.94. The van der Waals surface area contributed by atoms with Crippen molar-refractivity contribution < 1.29 is 8.62 Å². The first kappa shape index (κ1) is 10.7. The summed E-state index contributed by atoms with van der Waals surface area (Å²) in [5.41, 5.74) is 1.67. The van der Waals surface area contributed by atoms with Gasteiger partial charge in [-0.3, -0.25) is 0 Å². The van der Waals surface area contributed by atoms with Gasteiger partial charge in [-0.05, 0) is 24.1 Å². The highest BCUT2D eigenvalue weighted by molar-refractivity contribution is 9.06. The highest BCUT2D eigenvalue weighted by atomic mass is 79.9. The van der Waals surface area contributed by atoms with Gasteiger partial charge >= 0.3 is 5.97 Å². The first-order valence-electron chi connectivity index (χ1n) is 4.09. The van der Waals surface area contributed by atoms with E-state index in [1.54, 1.807) is 18.2 Å². The Kier molecular flexibility index (Phi) is 3.66. The third-order valence-corrected chi connectivity index (χ3v) is 2.23. The van der Waals surface area contributed by atoms with Crippen LogP contribution >= 0.6 is 16.3 Å². The Morgan fingerprint density at radius 3 is 2.86 bits per heavy atom. The largest absolute Gasteiger partial charge is 0.380 e. The van der Waals surface area contributed by atoms with Gasteiger partial charge in [0.1, 0.15) is 0 Å². The van der Waals surface area contributed by atoms with Crippen LogP contribution in [0.15, 0.2) is 18.2 Å². The average Bonchev–Trinajstić information content (AvgIpc) is 2.26. The minimum atomic E-state index is -0.473. The molecular formula is C10H8BrNO2. The molecular weight excluding hydrogens is 246 g/mol. The van der Waals surface area contributed by atoms with E-state index in [1.165, 1.54) is 0 Å². The second-order valence-electron chi connectivity index (χ2n) is 2.66. The molecule has 0 amide bonds. The zero-order valence-corrected chi connectivity index (χ0v) is 9.17. The Hall–Kier alpha value is -1.34. The zero-order valence-electron chi connectivity index (χ0n) is 7.58. The van der Waals surface area contributed by atoms with Gasteiger partial charge in [0.25, 0.3) is 0 Å². The highest BCUT2D eigenvalue weighted by Gasteiger charge is 2.13. The van der Waals surface area contributed by atoms with E-state index in [2.05, 4.69) is 20.1 Å². The van der Waals surface area contributed by atoms with E-state index >= 15 is 0 Å². The molecule has 0 aliphatic rings. The summed E-state index contributed by atoms with van der Waals surface area (Å²) in [6.45, 7) is 1.89. The van der Waals surface area contributed by atoms with Gasteiger partial charge in [0, 0.05) is 0 Å². The van der Waals surface area contributed by atoms with Gasteiger partial charge in [-0.15, -0.1) is 0 Å². The molecule has 14 heavy (non-hydrogen) atoms. The summed E-state index contributed by atoms with van der Waals surface area (Å²) in [7, 11) is 0. The van der Waals surface area contributed by atoms with Crippen molar-refractivity contribution in [3.8, 4) is 6.07 Å². The summed E-state index contributed by atoms with van der Waals surface area (Å²) < 4.78 is 4.44. The van der Waals surface area contributed by atoms with Crippen LogP contribution in [0, 0.1) is 11.3 Å². The molecule has 0 spiro atoms. The maximum absolute atomic E-state index is 11.3. The number of hydrogen-bond acceptors (Lipinski definition) is 3. The maximum atomic E-state index is 11.3. The molecule has 0 radical (unpaired) electrons. The van der Waals surface area contributed by atoms with Gasteiger partial charge in [-0.25, -0.2) is 4.79 Å². The van der Waals surface area contributed by atoms with Crippen LogP contribution in [0.25, 0.3) is 0 Å². The summed E-state index contributed by atoms with van der Waals surface area (Å²) in [5.74, 6) is -0.473. The Labute approximate surface area is 90.8 Å². The second-order valence-corrected chi connectivity index (χ2v) is 2.99. The molecule has 0 aliphatic heterocycles. The summed E-state index contributed by atoms with van der Waals surface area (Å²) >= 11 is 2.63. The van der Waals surface area contributed by atoms with Crippen LogP contribution in [-0.2, 0) is 10.2 Å². The fraction of sp³-hybridized carbons (Fsp3) is 0.200. The summed E-state index contributed by atoms with van der Waals surface area (Å²) in [6, 6.07) is 7.03. The second kappa shape index (κ2) is 4.77. The van der Waals surface area contributed by atoms with Crippen LogP contribution in [0.3, 0.4) is 0 Å². The molecule has 1 rings (SSSR count). The lowest BCUT2D eigenvalue weighted by atomic mass is 10.00. The fourth-order valence-electron chi connectivity index (χ4n) is 1.31. The van der Waals surface area contributed by atoms with Gasteiger partial charge in [-0.1, -0.05) is 13.0 Å². The molecule has 1 aromatic carbocycles. The smallest absolute Gasteiger partial charge is 0.349 e. The molecule has 0 fully saturated rings. The number of benzene rings is 1. The Bertz CT molecular complexity index is 396. The van der Waals surface area contributed by atoms with E-state index < -0.39 is 5.97 Å². The van der Waals surface area contributed by atoms with Gasteiger partial charge < -0.3 is 3.83 Å². The summed E-state index contributed by atoms with van der Waals surface area (Å²) in [5, 5.41) is 8.81. The lowest BCUT2D eigenvalue weighted by Gasteiger charge is -2.05. The molecule has 0 bridgehead atoms. The first-order chi connectivity index (χ1) is 6.74. The Morgan fingerprint density at radius 2 is 2.36 bits per heavy atom. The molecule has 0 saturated heterocycles. The topological polar surface area (TPSA) is 50.1 Å². The van der Waals surface area contributed by atoms with Gasteiger partial charge in [0.15, 0.2) is 16.3 Å². The lowest BCUT2D eigenvalue weighted by molar-refractivity contribution is 0.0781. The maximum Gasteiger partial charge on any atom is 0.349 e. The third-order valence-electron chi connectivity index (χ3n) is 1.94. The number of hydrogen-bond donors (Lipinski definition) is 0. The number of rotatable bonds is 2. The van der Waals surface area contributed by atoms with E-state index in [-0.39, 0.29) is 0 Å². The molecule has 0 saturated carbocycles. The normalized spacial score (nSPS) is 9.21. The molecule has 0 unspecified atom stereocenters. The molecule has 0 aromatic heterocycles. The van der Waals surface area contributed by atoms with E-state index in [0.717, 1.165) is 5.56 Å². The van der Waals surface area contributed by atoms with Crippen molar-refractivity contribution in [2.45, 2.75) is 13.3 Å². The number of nitrogens with zero attached hydrogens (tertiary/aromatic N) is 1. The van der Waals surface area contributed by atoms with Crippen LogP contribution < -0.4 is 0 Å². The molecule has 0 heterocycles. The number of carbonyl (C=O) groups excluding carboxylic acids is 1. The van der Waals surface area contributed by atoms with Crippen LogP contribution in [0.4, 0.5) is 0 Å². The molecule has 3 nitrogen and oxygen atoms in total. The van der Waals surface area contributed by atoms with Crippen molar-refractivity contribution in [2.24, 2.45) is 0 Å². The van der Waals surface area contributed by atoms with Crippen molar-refractivity contribution >= 4 is 22.2 Å². The zero-order chi connectivity index (χ0) is 10.6. The van der Waals surface area contributed by atoms with Crippen molar-refractivity contribution in [3.63, 3.8) is 0 Å². The van der Waals surface area contributed by atoms with Gasteiger partial charge in [0.2, 0.25) is 0 Å². The quantitative estimate of drug-likeness (QED) is 0.814. The van der Waals surface area contributed by atoms with Crippen molar-refractivity contribution in [1.82, 2.24) is 0 Å². The van der Waals surface area contributed by atoms with E-state index in [9.17, 15) is 4.79 Å². The average molecular weight is 254 g/mol. The summed E-state index contributed by atoms with van der Waals surface area (Å²) in [6.07, 6.45) is 0.626. The highest BCUT2D eigenvalue weighted by Crippen LogP contribution is 2.16. The van der Waals surface area contributed by atoms with Gasteiger partial charge in [-0.2, -0.15) is 5.26 Å². The molecule has 0 atom stereocenters. The fourth-order valence-corrected chi connectivity index (χ4v) is 1.48. The van der Waals surface area contributed by atoms with Crippen LogP contribution in [0.2, 0.25) is 0 Å². The van der Waals surface area contributed by atoms with Crippen LogP contribution in [0.5, 0.6) is 0 Å². The monoisotopic (exact) mass is 253 g/mol. The SMILES string of the molecule is CCc1c(C#N)cccc1C(=O)OBr.